The van der Waals surface area contributed by atoms with Crippen LogP contribution in [0.4, 0.5) is 0 Å². The number of ketones is 3. The third kappa shape index (κ3) is 3.35. The van der Waals surface area contributed by atoms with Gasteiger partial charge < -0.3 is 20.3 Å². The quantitative estimate of drug-likeness (QED) is 0.335. The number of nitrogens with one attached hydrogen (secondary N) is 1. The molecule has 0 aromatic heterocycles. The van der Waals surface area contributed by atoms with Crippen molar-refractivity contribution < 1.29 is 37.8 Å². The van der Waals surface area contributed by atoms with Crippen molar-refractivity contribution in [2.75, 3.05) is 18.1 Å². The largest absolute Gasteiger partial charge is 0.507 e. The maximum absolute atomic E-state index is 13.7. The van der Waals surface area contributed by atoms with Gasteiger partial charge in [0.15, 0.2) is 27.2 Å². The zero-order chi connectivity index (χ0) is 24.5. The van der Waals surface area contributed by atoms with Gasteiger partial charge in [0, 0.05) is 23.9 Å². The molecule has 1 aromatic carbocycles. The first-order chi connectivity index (χ1) is 15.3. The highest BCUT2D eigenvalue weighted by Gasteiger charge is 2.56. The number of hydrogen-bond acceptors (Lipinski definition) is 9. The van der Waals surface area contributed by atoms with Gasteiger partial charge in [0.25, 0.3) is 0 Å². The fourth-order valence-electron chi connectivity index (χ4n) is 4.78. The molecule has 1 unspecified atom stereocenters. The highest BCUT2D eigenvalue weighted by molar-refractivity contribution is 7.91. The lowest BCUT2D eigenvalue weighted by Gasteiger charge is -2.29. The normalized spacial score (nSPS) is 26.9. The summed E-state index contributed by atoms with van der Waals surface area (Å²) in [6, 6.07) is 0. The monoisotopic (exact) mass is 475 g/mol. The lowest BCUT2D eigenvalue weighted by molar-refractivity contribution is -0.123. The van der Waals surface area contributed by atoms with E-state index in [2.05, 4.69) is 5.32 Å². The molecule has 0 radical (unpaired) electrons. The summed E-state index contributed by atoms with van der Waals surface area (Å²) in [6.45, 7) is 6.00. The van der Waals surface area contributed by atoms with Crippen LogP contribution in [0.15, 0.2) is 23.1 Å². The summed E-state index contributed by atoms with van der Waals surface area (Å²) >= 11 is 0. The first kappa shape index (κ1) is 23.0. The number of rotatable bonds is 4. The zero-order valence-electron chi connectivity index (χ0n) is 18.7. The molecule has 2 atom stereocenters. The van der Waals surface area contributed by atoms with Crippen LogP contribution < -0.4 is 10.1 Å². The predicted octanol–water partition coefficient (Wildman–Crippen LogP) is 1.59. The van der Waals surface area contributed by atoms with Gasteiger partial charge in [-0.05, 0) is 40.0 Å². The van der Waals surface area contributed by atoms with Crippen molar-refractivity contribution in [1.29, 1.82) is 0 Å². The van der Waals surface area contributed by atoms with Crippen molar-refractivity contribution in [2.24, 2.45) is 5.92 Å². The minimum Gasteiger partial charge on any atom is -0.507 e. The summed E-state index contributed by atoms with van der Waals surface area (Å²) in [7, 11) is -3.06. The number of hydrogen-bond donors (Lipinski definition) is 3. The number of sulfone groups is 1. The topological polar surface area (TPSA) is 147 Å². The number of aromatic hydroxyl groups is 2. The first-order valence-corrected chi connectivity index (χ1v) is 12.4. The highest BCUT2D eigenvalue weighted by Crippen LogP contribution is 2.57. The molecule has 33 heavy (non-hydrogen) atoms. The van der Waals surface area contributed by atoms with Crippen LogP contribution in [-0.4, -0.2) is 54.0 Å². The average Bonchev–Trinajstić information content (AvgIpc) is 3.21. The van der Waals surface area contributed by atoms with E-state index in [9.17, 15) is 33.0 Å². The van der Waals surface area contributed by atoms with Gasteiger partial charge in [0.2, 0.25) is 0 Å². The van der Waals surface area contributed by atoms with Gasteiger partial charge in [0.05, 0.1) is 22.6 Å². The number of carbonyl (C=O) groups is 3. The molecule has 0 amide bonds. The van der Waals surface area contributed by atoms with Crippen molar-refractivity contribution >= 4 is 27.2 Å². The van der Waals surface area contributed by atoms with E-state index >= 15 is 0 Å². The Labute approximate surface area is 191 Å². The van der Waals surface area contributed by atoms with Crippen molar-refractivity contribution in [1.82, 2.24) is 5.32 Å². The van der Waals surface area contributed by atoms with Crippen molar-refractivity contribution in [2.45, 2.75) is 39.5 Å². The van der Waals surface area contributed by atoms with Crippen LogP contribution in [0.25, 0.3) is 0 Å². The van der Waals surface area contributed by atoms with Gasteiger partial charge in [0.1, 0.15) is 34.0 Å². The van der Waals surface area contributed by atoms with E-state index in [0.717, 1.165) is 6.08 Å². The van der Waals surface area contributed by atoms with E-state index < -0.39 is 38.4 Å². The molecule has 1 saturated heterocycles. The lowest BCUT2D eigenvalue weighted by Crippen LogP contribution is -2.41. The Hall–Kier alpha value is -3.14. The standard InChI is InChI=1S/C23H25NO8S/c1-10-19(27)17(12(3)25)21-18(20(10)28)23(4)15(32-21)7-14(26)16(22(23)29)11(2)24-8-13-5-6-33(30,31)9-13/h7,13,24,27-28H,5-6,8-9H2,1-4H3/b16-11+/t13?,23-/m0/s1. The summed E-state index contributed by atoms with van der Waals surface area (Å²) in [5.74, 6) is -2.69. The highest BCUT2D eigenvalue weighted by atomic mass is 32.2. The maximum Gasteiger partial charge on any atom is 0.194 e. The number of carbonyl (C=O) groups excluding carboxylic acids is 3. The van der Waals surface area contributed by atoms with Crippen LogP contribution in [-0.2, 0) is 24.8 Å². The molecular formula is C23H25NO8S. The molecule has 3 aliphatic rings. The van der Waals surface area contributed by atoms with Gasteiger partial charge in [-0.3, -0.25) is 14.4 Å². The Morgan fingerprint density at radius 1 is 1.24 bits per heavy atom. The fourth-order valence-corrected chi connectivity index (χ4v) is 6.64. The molecule has 10 heteroatoms. The third-order valence-corrected chi connectivity index (χ3v) is 8.58. The molecule has 1 fully saturated rings. The molecule has 2 heterocycles. The molecule has 1 aliphatic carbocycles. The van der Waals surface area contributed by atoms with E-state index in [1.165, 1.54) is 20.8 Å². The minimum atomic E-state index is -3.06. The van der Waals surface area contributed by atoms with Gasteiger partial charge in [-0.2, -0.15) is 0 Å². The third-order valence-electron chi connectivity index (χ3n) is 6.74. The van der Waals surface area contributed by atoms with Crippen LogP contribution in [0.3, 0.4) is 0 Å². The van der Waals surface area contributed by atoms with Gasteiger partial charge in [-0.15, -0.1) is 0 Å². The van der Waals surface area contributed by atoms with Gasteiger partial charge in [-0.1, -0.05) is 0 Å². The molecule has 9 nitrogen and oxygen atoms in total. The predicted molar refractivity (Wildman–Crippen MR) is 118 cm³/mol. The summed E-state index contributed by atoms with van der Waals surface area (Å²) in [5.41, 5.74) is -1.53. The van der Waals surface area contributed by atoms with E-state index in [-0.39, 0.29) is 56.9 Å². The van der Waals surface area contributed by atoms with E-state index in [1.807, 2.05) is 0 Å². The summed E-state index contributed by atoms with van der Waals surface area (Å²) in [5, 5.41) is 24.2. The molecule has 0 saturated carbocycles. The minimum absolute atomic E-state index is 0.0255. The number of Topliss-reactive ketones (excluding diaryl/α,β-unsaturated/α-hetero) is 2. The molecule has 0 spiro atoms. The van der Waals surface area contributed by atoms with E-state index in [4.69, 9.17) is 4.74 Å². The van der Waals surface area contributed by atoms with E-state index in [1.54, 1.807) is 6.92 Å². The molecule has 1 aromatic rings. The fraction of sp³-hybridized carbons (Fsp3) is 0.435. The average molecular weight is 476 g/mol. The second-order valence-corrected chi connectivity index (χ2v) is 11.3. The lowest BCUT2D eigenvalue weighted by atomic mass is 9.70. The number of benzene rings is 1. The summed E-state index contributed by atoms with van der Waals surface area (Å²) < 4.78 is 29.1. The summed E-state index contributed by atoms with van der Waals surface area (Å²) in [4.78, 5) is 38.8. The van der Waals surface area contributed by atoms with Crippen LogP contribution in [0.2, 0.25) is 0 Å². The Balaban J connectivity index is 1.78. The van der Waals surface area contributed by atoms with Crippen molar-refractivity contribution in [3.63, 3.8) is 0 Å². The Morgan fingerprint density at radius 2 is 1.91 bits per heavy atom. The second-order valence-electron chi connectivity index (χ2n) is 9.04. The van der Waals surface area contributed by atoms with Gasteiger partial charge in [-0.25, -0.2) is 8.42 Å². The second kappa shape index (κ2) is 7.44. The SMILES string of the molecule is CC(=O)c1c(O)c(C)c(O)c2c1OC1=CC(=O)/C(=C(/C)NCC3CCS(=O)(=O)C3)C(=O)[C@@]12C. The molecule has 3 N–H and O–H groups in total. The van der Waals surface area contributed by atoms with Crippen LogP contribution in [0.5, 0.6) is 17.2 Å². The zero-order valence-corrected chi connectivity index (χ0v) is 19.6. The number of fused-ring (bicyclic) bond motifs is 3. The molecule has 0 bridgehead atoms. The molecule has 2 aliphatic heterocycles. The molecular weight excluding hydrogens is 450 g/mol. The summed E-state index contributed by atoms with van der Waals surface area (Å²) in [6.07, 6.45) is 1.66. The number of ether oxygens (including phenoxy) is 1. The Morgan fingerprint density at radius 3 is 2.48 bits per heavy atom. The van der Waals surface area contributed by atoms with Crippen molar-refractivity contribution in [3.05, 3.63) is 39.8 Å². The number of allylic oxidation sites excluding steroid dienone is 4. The van der Waals surface area contributed by atoms with Crippen molar-refractivity contribution in [3.8, 4) is 17.2 Å². The molecule has 176 valence electrons. The Kier molecular flexibility index (Phi) is 5.19. The van der Waals surface area contributed by atoms with E-state index in [0.29, 0.717) is 18.7 Å². The molecule has 4 rings (SSSR count). The van der Waals surface area contributed by atoms with Crippen LogP contribution in [0, 0.1) is 12.8 Å². The van der Waals surface area contributed by atoms with Crippen LogP contribution in [0.1, 0.15) is 48.7 Å². The maximum atomic E-state index is 13.7. The first-order valence-electron chi connectivity index (χ1n) is 10.5. The van der Waals surface area contributed by atoms with Crippen LogP contribution >= 0.6 is 0 Å². The number of phenolic OH excluding ortho intramolecular Hbond substituents is 2. The smallest absolute Gasteiger partial charge is 0.194 e. The van der Waals surface area contributed by atoms with Gasteiger partial charge >= 0.3 is 0 Å². The number of phenols is 2. The Bertz CT molecular complexity index is 1300.